The Morgan fingerprint density at radius 1 is 1.46 bits per heavy atom. The van der Waals surface area contributed by atoms with Crippen LogP contribution >= 0.6 is 11.6 Å². The first-order valence-electron chi connectivity index (χ1n) is 3.90. The summed E-state index contributed by atoms with van der Waals surface area (Å²) >= 11 is 5.47. The van der Waals surface area contributed by atoms with Crippen molar-refractivity contribution in [3.8, 4) is 5.75 Å². The Bertz CT molecular complexity index is 272. The van der Waals surface area contributed by atoms with Gasteiger partial charge in [0.2, 0.25) is 0 Å². The number of para-hydroxylation sites is 1. The molecule has 0 radical (unpaired) electrons. The maximum atomic E-state index is 9.23. The number of rotatable bonds is 4. The molecular weight excluding hydrogens is 188 g/mol. The SMILES string of the molecule is C=C(Cl)C(O)COc1ccccc1. The smallest absolute Gasteiger partial charge is 0.123 e. The standard InChI is InChI=1S/C10H11ClO2/c1-8(11)10(12)7-13-9-5-3-2-4-6-9/h2-6,10,12H,1,7H2. The van der Waals surface area contributed by atoms with Crippen LogP contribution in [0.4, 0.5) is 0 Å². The van der Waals surface area contributed by atoms with Crippen LogP contribution in [-0.4, -0.2) is 17.8 Å². The van der Waals surface area contributed by atoms with Crippen LogP contribution in [0.3, 0.4) is 0 Å². The predicted octanol–water partition coefficient (Wildman–Crippen LogP) is 2.18. The van der Waals surface area contributed by atoms with Crippen LogP contribution in [0.2, 0.25) is 0 Å². The molecular formula is C10H11ClO2. The quantitative estimate of drug-likeness (QED) is 0.804. The van der Waals surface area contributed by atoms with Crippen LogP contribution in [0.5, 0.6) is 5.75 Å². The number of ether oxygens (including phenoxy) is 1. The largest absolute Gasteiger partial charge is 0.490 e. The second-order valence-corrected chi connectivity index (χ2v) is 3.07. The highest BCUT2D eigenvalue weighted by Gasteiger charge is 2.06. The fraction of sp³-hybridized carbons (Fsp3) is 0.200. The zero-order valence-electron chi connectivity index (χ0n) is 7.11. The van der Waals surface area contributed by atoms with Gasteiger partial charge in [-0.25, -0.2) is 0 Å². The van der Waals surface area contributed by atoms with Gasteiger partial charge in [-0.15, -0.1) is 0 Å². The number of aliphatic hydroxyl groups excluding tert-OH is 1. The van der Waals surface area contributed by atoms with Crippen molar-refractivity contribution in [2.45, 2.75) is 6.10 Å². The summed E-state index contributed by atoms with van der Waals surface area (Å²) in [4.78, 5) is 0. The van der Waals surface area contributed by atoms with Gasteiger partial charge in [-0.3, -0.25) is 0 Å². The van der Waals surface area contributed by atoms with E-state index in [1.807, 2.05) is 30.3 Å². The van der Waals surface area contributed by atoms with E-state index in [2.05, 4.69) is 6.58 Å². The number of aliphatic hydroxyl groups is 1. The van der Waals surface area contributed by atoms with E-state index in [4.69, 9.17) is 16.3 Å². The number of benzene rings is 1. The molecule has 70 valence electrons. The van der Waals surface area contributed by atoms with Gasteiger partial charge in [-0.05, 0) is 12.1 Å². The first kappa shape index (κ1) is 10.1. The van der Waals surface area contributed by atoms with Gasteiger partial charge < -0.3 is 9.84 Å². The molecule has 1 unspecified atom stereocenters. The zero-order chi connectivity index (χ0) is 9.68. The normalized spacial score (nSPS) is 12.2. The number of hydrogen-bond acceptors (Lipinski definition) is 2. The lowest BCUT2D eigenvalue weighted by Crippen LogP contribution is -2.17. The predicted molar refractivity (Wildman–Crippen MR) is 52.9 cm³/mol. The third kappa shape index (κ3) is 3.49. The van der Waals surface area contributed by atoms with Gasteiger partial charge >= 0.3 is 0 Å². The van der Waals surface area contributed by atoms with Gasteiger partial charge in [0.1, 0.15) is 18.5 Å². The molecule has 0 aromatic heterocycles. The van der Waals surface area contributed by atoms with Crippen LogP contribution in [0.15, 0.2) is 41.9 Å². The van der Waals surface area contributed by atoms with Gasteiger partial charge in [0.15, 0.2) is 0 Å². The van der Waals surface area contributed by atoms with E-state index in [0.29, 0.717) is 5.75 Å². The van der Waals surface area contributed by atoms with E-state index in [0.717, 1.165) is 0 Å². The van der Waals surface area contributed by atoms with E-state index in [1.54, 1.807) is 0 Å². The molecule has 0 heterocycles. The summed E-state index contributed by atoms with van der Waals surface area (Å²) in [6, 6.07) is 9.23. The molecule has 0 fully saturated rings. The average Bonchev–Trinajstić information content (AvgIpc) is 2.15. The molecule has 2 nitrogen and oxygen atoms in total. The average molecular weight is 199 g/mol. The van der Waals surface area contributed by atoms with Crippen molar-refractivity contribution in [2.24, 2.45) is 0 Å². The molecule has 0 aliphatic carbocycles. The van der Waals surface area contributed by atoms with Crippen LogP contribution in [0.25, 0.3) is 0 Å². The maximum Gasteiger partial charge on any atom is 0.123 e. The Kier molecular flexibility index (Phi) is 3.80. The van der Waals surface area contributed by atoms with Crippen molar-refractivity contribution in [2.75, 3.05) is 6.61 Å². The van der Waals surface area contributed by atoms with E-state index in [9.17, 15) is 5.11 Å². The lowest BCUT2D eigenvalue weighted by atomic mass is 10.3. The number of halogens is 1. The molecule has 1 atom stereocenters. The highest BCUT2D eigenvalue weighted by molar-refractivity contribution is 6.29. The van der Waals surface area contributed by atoms with Crippen molar-refractivity contribution in [3.05, 3.63) is 41.9 Å². The zero-order valence-corrected chi connectivity index (χ0v) is 7.87. The molecule has 1 aromatic rings. The first-order chi connectivity index (χ1) is 6.20. The minimum atomic E-state index is -0.818. The molecule has 0 aliphatic rings. The van der Waals surface area contributed by atoms with Crippen molar-refractivity contribution in [1.82, 2.24) is 0 Å². The fourth-order valence-corrected chi connectivity index (χ4v) is 0.845. The van der Waals surface area contributed by atoms with E-state index in [1.165, 1.54) is 0 Å². The molecule has 1 rings (SSSR count). The highest BCUT2D eigenvalue weighted by Crippen LogP contribution is 2.11. The van der Waals surface area contributed by atoms with Gasteiger partial charge in [-0.1, -0.05) is 36.4 Å². The Morgan fingerprint density at radius 2 is 2.08 bits per heavy atom. The monoisotopic (exact) mass is 198 g/mol. The highest BCUT2D eigenvalue weighted by atomic mass is 35.5. The summed E-state index contributed by atoms with van der Waals surface area (Å²) in [6.07, 6.45) is -0.818. The molecule has 13 heavy (non-hydrogen) atoms. The van der Waals surface area contributed by atoms with E-state index >= 15 is 0 Å². The third-order valence-electron chi connectivity index (χ3n) is 1.51. The van der Waals surface area contributed by atoms with Crippen LogP contribution in [0.1, 0.15) is 0 Å². The first-order valence-corrected chi connectivity index (χ1v) is 4.28. The van der Waals surface area contributed by atoms with Crippen LogP contribution in [-0.2, 0) is 0 Å². The van der Waals surface area contributed by atoms with E-state index < -0.39 is 6.10 Å². The Labute approximate surface area is 82.4 Å². The van der Waals surface area contributed by atoms with Crippen molar-refractivity contribution in [3.63, 3.8) is 0 Å². The maximum absolute atomic E-state index is 9.23. The lowest BCUT2D eigenvalue weighted by Gasteiger charge is -2.10. The van der Waals surface area contributed by atoms with Gasteiger partial charge in [-0.2, -0.15) is 0 Å². The van der Waals surface area contributed by atoms with Crippen molar-refractivity contribution in [1.29, 1.82) is 0 Å². The molecule has 1 N–H and O–H groups in total. The lowest BCUT2D eigenvalue weighted by molar-refractivity contribution is 0.141. The van der Waals surface area contributed by atoms with Crippen molar-refractivity contribution >= 4 is 11.6 Å². The van der Waals surface area contributed by atoms with Gasteiger partial charge in [0.05, 0.1) is 0 Å². The van der Waals surface area contributed by atoms with Crippen LogP contribution < -0.4 is 4.74 Å². The molecule has 0 amide bonds. The van der Waals surface area contributed by atoms with Gasteiger partial charge in [0.25, 0.3) is 0 Å². The molecule has 0 saturated heterocycles. The summed E-state index contributed by atoms with van der Waals surface area (Å²) in [5.41, 5.74) is 0. The number of hydrogen-bond donors (Lipinski definition) is 1. The summed E-state index contributed by atoms with van der Waals surface area (Å²) in [7, 11) is 0. The topological polar surface area (TPSA) is 29.5 Å². The molecule has 0 aliphatic heterocycles. The molecule has 0 bridgehead atoms. The summed E-state index contributed by atoms with van der Waals surface area (Å²) in [5.74, 6) is 0.708. The van der Waals surface area contributed by atoms with Crippen LogP contribution in [0, 0.1) is 0 Å². The molecule has 0 spiro atoms. The third-order valence-corrected chi connectivity index (χ3v) is 1.76. The minimum absolute atomic E-state index is 0.131. The minimum Gasteiger partial charge on any atom is -0.490 e. The Hall–Kier alpha value is -0.990. The molecule has 3 heteroatoms. The summed E-state index contributed by atoms with van der Waals surface area (Å²) in [5, 5.41) is 9.42. The van der Waals surface area contributed by atoms with Crippen molar-refractivity contribution < 1.29 is 9.84 Å². The molecule has 1 aromatic carbocycles. The fourth-order valence-electron chi connectivity index (χ4n) is 0.782. The Balaban J connectivity index is 2.39. The van der Waals surface area contributed by atoms with E-state index in [-0.39, 0.29) is 11.6 Å². The summed E-state index contributed by atoms with van der Waals surface area (Å²) in [6.45, 7) is 3.53. The summed E-state index contributed by atoms with van der Waals surface area (Å²) < 4.78 is 5.23. The Morgan fingerprint density at radius 3 is 2.62 bits per heavy atom. The molecule has 0 saturated carbocycles. The second-order valence-electron chi connectivity index (χ2n) is 2.59. The second kappa shape index (κ2) is 4.90. The van der Waals surface area contributed by atoms with Gasteiger partial charge in [0, 0.05) is 5.03 Å².